The molecular weight excluding hydrogens is 314 g/mol. The lowest BCUT2D eigenvalue weighted by molar-refractivity contribution is 0.326. The monoisotopic (exact) mass is 339 g/mol. The Kier molecular flexibility index (Phi) is 4.31. The predicted octanol–water partition coefficient (Wildman–Crippen LogP) is 1.81. The van der Waals surface area contributed by atoms with Crippen LogP contribution in [0.5, 0.6) is 5.75 Å². The van der Waals surface area contributed by atoms with Crippen molar-refractivity contribution >= 4 is 5.82 Å². The van der Waals surface area contributed by atoms with Crippen molar-refractivity contribution in [3.63, 3.8) is 0 Å². The standard InChI is InChI=1S/C19H25N5O/c1-19(2)13-24(7-5-22-19)18-12-21-11-16(23-18)14-3-4-17-15(9-14)10-20-6-8-25-17/h3-4,9,11-12,20,22H,5-8,10,13H2,1-2H3. The maximum Gasteiger partial charge on any atom is 0.147 e. The van der Waals surface area contributed by atoms with E-state index >= 15 is 0 Å². The van der Waals surface area contributed by atoms with Crippen molar-refractivity contribution in [3.8, 4) is 17.0 Å². The van der Waals surface area contributed by atoms with Crippen molar-refractivity contribution in [2.24, 2.45) is 0 Å². The summed E-state index contributed by atoms with van der Waals surface area (Å²) < 4.78 is 5.77. The Morgan fingerprint density at radius 2 is 2.12 bits per heavy atom. The minimum atomic E-state index is 0.0863. The first-order chi connectivity index (χ1) is 12.1. The van der Waals surface area contributed by atoms with Crippen LogP contribution in [0.25, 0.3) is 11.3 Å². The van der Waals surface area contributed by atoms with E-state index in [1.54, 1.807) is 0 Å². The summed E-state index contributed by atoms with van der Waals surface area (Å²) in [4.78, 5) is 11.6. The number of nitrogens with zero attached hydrogens (tertiary/aromatic N) is 3. The van der Waals surface area contributed by atoms with Crippen molar-refractivity contribution in [1.29, 1.82) is 0 Å². The first kappa shape index (κ1) is 16.3. The highest BCUT2D eigenvalue weighted by Crippen LogP contribution is 2.28. The SMILES string of the molecule is CC1(C)CN(c2cncc(-c3ccc4c(c3)CNCCO4)n2)CCN1. The van der Waals surface area contributed by atoms with Crippen LogP contribution in [0.1, 0.15) is 19.4 Å². The number of rotatable bonds is 2. The van der Waals surface area contributed by atoms with Gasteiger partial charge in [-0.15, -0.1) is 0 Å². The van der Waals surface area contributed by atoms with Gasteiger partial charge < -0.3 is 20.3 Å². The number of aromatic nitrogens is 2. The van der Waals surface area contributed by atoms with Gasteiger partial charge in [0.25, 0.3) is 0 Å². The lowest BCUT2D eigenvalue weighted by Gasteiger charge is -2.39. The summed E-state index contributed by atoms with van der Waals surface area (Å²) in [5.74, 6) is 1.90. The van der Waals surface area contributed by atoms with Crippen LogP contribution in [-0.2, 0) is 6.54 Å². The Hall–Kier alpha value is -2.18. The molecular formula is C19H25N5O. The quantitative estimate of drug-likeness (QED) is 0.870. The second kappa shape index (κ2) is 6.61. The smallest absolute Gasteiger partial charge is 0.147 e. The van der Waals surface area contributed by atoms with Crippen LogP contribution in [0, 0.1) is 0 Å². The zero-order valence-electron chi connectivity index (χ0n) is 14.9. The van der Waals surface area contributed by atoms with Crippen LogP contribution in [0.3, 0.4) is 0 Å². The molecule has 2 aliphatic rings. The van der Waals surface area contributed by atoms with E-state index in [-0.39, 0.29) is 5.54 Å². The summed E-state index contributed by atoms with van der Waals surface area (Å²) in [5, 5.41) is 6.91. The summed E-state index contributed by atoms with van der Waals surface area (Å²) >= 11 is 0. The van der Waals surface area contributed by atoms with Crippen molar-refractivity contribution < 1.29 is 4.74 Å². The van der Waals surface area contributed by atoms with E-state index in [1.165, 1.54) is 5.56 Å². The van der Waals surface area contributed by atoms with Crippen LogP contribution in [0.4, 0.5) is 5.82 Å². The normalized spacial score (nSPS) is 19.7. The molecule has 25 heavy (non-hydrogen) atoms. The molecule has 0 aliphatic carbocycles. The molecule has 0 radical (unpaired) electrons. The van der Waals surface area contributed by atoms with Gasteiger partial charge in [0, 0.05) is 49.4 Å². The van der Waals surface area contributed by atoms with Crippen LogP contribution >= 0.6 is 0 Å². The zero-order valence-corrected chi connectivity index (χ0v) is 14.9. The molecule has 6 heteroatoms. The first-order valence-electron chi connectivity index (χ1n) is 8.90. The van der Waals surface area contributed by atoms with Gasteiger partial charge in [-0.3, -0.25) is 4.98 Å². The van der Waals surface area contributed by atoms with Gasteiger partial charge in [-0.05, 0) is 32.0 Å². The van der Waals surface area contributed by atoms with Crippen LogP contribution in [0.15, 0.2) is 30.6 Å². The van der Waals surface area contributed by atoms with Gasteiger partial charge in [-0.2, -0.15) is 0 Å². The highest BCUT2D eigenvalue weighted by molar-refractivity contribution is 5.63. The lowest BCUT2D eigenvalue weighted by Crippen LogP contribution is -2.57. The van der Waals surface area contributed by atoms with E-state index in [1.807, 2.05) is 18.5 Å². The average Bonchev–Trinajstić information content (AvgIpc) is 2.85. The average molecular weight is 339 g/mol. The molecule has 0 bridgehead atoms. The summed E-state index contributed by atoms with van der Waals surface area (Å²) in [6.07, 6.45) is 3.70. The number of fused-ring (bicyclic) bond motifs is 1. The third-order valence-electron chi connectivity index (χ3n) is 4.73. The van der Waals surface area contributed by atoms with Gasteiger partial charge in [-0.25, -0.2) is 4.98 Å². The molecule has 0 saturated carbocycles. The van der Waals surface area contributed by atoms with Crippen molar-refractivity contribution in [3.05, 3.63) is 36.2 Å². The number of hydrogen-bond donors (Lipinski definition) is 2. The summed E-state index contributed by atoms with van der Waals surface area (Å²) in [5.41, 5.74) is 3.24. The number of benzene rings is 1. The van der Waals surface area contributed by atoms with E-state index in [0.717, 1.165) is 55.5 Å². The molecule has 0 amide bonds. The number of ether oxygens (including phenoxy) is 1. The third kappa shape index (κ3) is 3.60. The molecule has 132 valence electrons. The number of anilines is 1. The Labute approximate surface area is 148 Å². The summed E-state index contributed by atoms with van der Waals surface area (Å²) in [7, 11) is 0. The fourth-order valence-electron chi connectivity index (χ4n) is 3.46. The topological polar surface area (TPSA) is 62.3 Å². The van der Waals surface area contributed by atoms with Gasteiger partial charge in [0.15, 0.2) is 0 Å². The maximum atomic E-state index is 5.77. The Balaban J connectivity index is 1.62. The molecule has 1 aromatic carbocycles. The van der Waals surface area contributed by atoms with Gasteiger partial charge in [0.1, 0.15) is 18.2 Å². The zero-order chi connectivity index (χ0) is 17.3. The minimum absolute atomic E-state index is 0.0863. The molecule has 0 spiro atoms. The molecule has 2 aromatic rings. The van der Waals surface area contributed by atoms with E-state index < -0.39 is 0 Å². The van der Waals surface area contributed by atoms with Crippen LogP contribution in [-0.4, -0.2) is 48.3 Å². The van der Waals surface area contributed by atoms with Gasteiger partial charge >= 0.3 is 0 Å². The van der Waals surface area contributed by atoms with Crippen molar-refractivity contribution in [1.82, 2.24) is 20.6 Å². The molecule has 2 aliphatic heterocycles. The van der Waals surface area contributed by atoms with E-state index in [0.29, 0.717) is 6.61 Å². The van der Waals surface area contributed by atoms with Crippen molar-refractivity contribution in [2.45, 2.75) is 25.9 Å². The highest BCUT2D eigenvalue weighted by Gasteiger charge is 2.26. The molecule has 1 fully saturated rings. The molecule has 1 aromatic heterocycles. The fraction of sp³-hybridized carbons (Fsp3) is 0.474. The lowest BCUT2D eigenvalue weighted by atomic mass is 10.0. The van der Waals surface area contributed by atoms with Crippen LogP contribution < -0.4 is 20.3 Å². The maximum absolute atomic E-state index is 5.77. The molecule has 1 saturated heterocycles. The number of piperazine rings is 1. The second-order valence-corrected chi connectivity index (χ2v) is 7.34. The van der Waals surface area contributed by atoms with Gasteiger partial charge in [0.05, 0.1) is 18.1 Å². The van der Waals surface area contributed by atoms with E-state index in [2.05, 4.69) is 46.5 Å². The Morgan fingerprint density at radius 1 is 1.20 bits per heavy atom. The molecule has 4 rings (SSSR count). The first-order valence-corrected chi connectivity index (χ1v) is 8.90. The van der Waals surface area contributed by atoms with Gasteiger partial charge in [-0.1, -0.05) is 0 Å². The van der Waals surface area contributed by atoms with Crippen LogP contribution in [0.2, 0.25) is 0 Å². The fourth-order valence-corrected chi connectivity index (χ4v) is 3.46. The third-order valence-corrected chi connectivity index (χ3v) is 4.73. The minimum Gasteiger partial charge on any atom is -0.492 e. The Morgan fingerprint density at radius 3 is 3.00 bits per heavy atom. The van der Waals surface area contributed by atoms with E-state index in [4.69, 9.17) is 9.72 Å². The second-order valence-electron chi connectivity index (χ2n) is 7.34. The van der Waals surface area contributed by atoms with E-state index in [9.17, 15) is 0 Å². The number of hydrogen-bond acceptors (Lipinski definition) is 6. The van der Waals surface area contributed by atoms with Crippen molar-refractivity contribution in [2.75, 3.05) is 37.7 Å². The molecule has 0 atom stereocenters. The highest BCUT2D eigenvalue weighted by atomic mass is 16.5. The van der Waals surface area contributed by atoms with Gasteiger partial charge in [0.2, 0.25) is 0 Å². The Bertz CT molecular complexity index is 761. The summed E-state index contributed by atoms with van der Waals surface area (Å²) in [6.45, 7) is 9.67. The largest absolute Gasteiger partial charge is 0.492 e. The predicted molar refractivity (Wildman–Crippen MR) is 99.0 cm³/mol. The molecule has 0 unspecified atom stereocenters. The molecule has 6 nitrogen and oxygen atoms in total. The number of nitrogens with one attached hydrogen (secondary N) is 2. The summed E-state index contributed by atoms with van der Waals surface area (Å²) in [6, 6.07) is 6.27. The molecule has 2 N–H and O–H groups in total. The molecule has 3 heterocycles.